The van der Waals surface area contributed by atoms with Crippen molar-refractivity contribution in [3.63, 3.8) is 0 Å². The second-order valence-corrected chi connectivity index (χ2v) is 5.57. The molecule has 0 bridgehead atoms. The highest BCUT2D eigenvalue weighted by atomic mass is 16.2. The fourth-order valence-electron chi connectivity index (χ4n) is 2.74. The number of rotatable bonds is 4. The van der Waals surface area contributed by atoms with Crippen molar-refractivity contribution in [2.24, 2.45) is 0 Å². The van der Waals surface area contributed by atoms with Crippen molar-refractivity contribution in [3.05, 3.63) is 48.4 Å². The summed E-state index contributed by atoms with van der Waals surface area (Å²) >= 11 is 0. The first-order valence-corrected chi connectivity index (χ1v) is 7.72. The number of hydrogen-bond donors (Lipinski definition) is 2. The molecule has 5 heteroatoms. The van der Waals surface area contributed by atoms with Crippen molar-refractivity contribution in [2.45, 2.75) is 38.3 Å². The third-order valence-electron chi connectivity index (χ3n) is 3.91. The molecule has 0 aliphatic heterocycles. The van der Waals surface area contributed by atoms with E-state index in [0.29, 0.717) is 12.6 Å². The Labute approximate surface area is 130 Å². The van der Waals surface area contributed by atoms with Gasteiger partial charge in [-0.2, -0.15) is 0 Å². The van der Waals surface area contributed by atoms with E-state index in [9.17, 15) is 4.79 Å². The normalized spacial score (nSPS) is 14.7. The lowest BCUT2D eigenvalue weighted by Gasteiger charge is -2.12. The van der Waals surface area contributed by atoms with Crippen molar-refractivity contribution in [2.75, 3.05) is 0 Å². The Kier molecular flexibility index (Phi) is 4.63. The van der Waals surface area contributed by atoms with Crippen LogP contribution in [-0.2, 0) is 6.54 Å². The topological polar surface area (TPSA) is 66.9 Å². The molecule has 5 nitrogen and oxygen atoms in total. The summed E-state index contributed by atoms with van der Waals surface area (Å²) in [7, 11) is 0. The maximum Gasteiger partial charge on any atom is 0.315 e. The molecule has 1 aliphatic rings. The lowest BCUT2D eigenvalue weighted by molar-refractivity contribution is 0.236. The van der Waals surface area contributed by atoms with E-state index in [1.807, 2.05) is 36.4 Å². The molecule has 3 rings (SSSR count). The largest absolute Gasteiger partial charge is 0.335 e. The molecule has 0 spiro atoms. The molecule has 1 saturated carbocycles. The molecule has 2 amide bonds. The summed E-state index contributed by atoms with van der Waals surface area (Å²) < 4.78 is 0. The Hall–Kier alpha value is -2.43. The molecule has 2 N–H and O–H groups in total. The van der Waals surface area contributed by atoms with Gasteiger partial charge in [-0.1, -0.05) is 43.2 Å². The Bertz CT molecular complexity index is 624. The van der Waals surface area contributed by atoms with Crippen LogP contribution in [0.3, 0.4) is 0 Å². The van der Waals surface area contributed by atoms with Gasteiger partial charge in [-0.3, -0.25) is 0 Å². The molecule has 0 radical (unpaired) electrons. The molecule has 2 aromatic rings. The van der Waals surface area contributed by atoms with E-state index >= 15 is 0 Å². The van der Waals surface area contributed by atoms with E-state index in [0.717, 1.165) is 29.8 Å². The van der Waals surface area contributed by atoms with Crippen LogP contribution in [0.2, 0.25) is 0 Å². The molecule has 0 atom stereocenters. The summed E-state index contributed by atoms with van der Waals surface area (Å²) in [5.74, 6) is 0. The molecule has 1 heterocycles. The van der Waals surface area contributed by atoms with Crippen LogP contribution in [0.4, 0.5) is 4.79 Å². The van der Waals surface area contributed by atoms with Gasteiger partial charge in [0, 0.05) is 11.6 Å². The summed E-state index contributed by atoms with van der Waals surface area (Å²) in [6.45, 7) is 0.404. The molecule has 1 aliphatic carbocycles. The third kappa shape index (κ3) is 3.81. The number of aromatic nitrogens is 2. The van der Waals surface area contributed by atoms with E-state index in [-0.39, 0.29) is 6.03 Å². The summed E-state index contributed by atoms with van der Waals surface area (Å²) in [4.78, 5) is 20.4. The quantitative estimate of drug-likeness (QED) is 0.911. The summed E-state index contributed by atoms with van der Waals surface area (Å²) in [5, 5.41) is 5.87. The van der Waals surface area contributed by atoms with Gasteiger partial charge >= 0.3 is 6.03 Å². The molecule has 1 aromatic heterocycles. The van der Waals surface area contributed by atoms with Crippen LogP contribution in [0.15, 0.2) is 42.7 Å². The van der Waals surface area contributed by atoms with Crippen molar-refractivity contribution < 1.29 is 4.79 Å². The smallest absolute Gasteiger partial charge is 0.315 e. The number of hydrogen-bond acceptors (Lipinski definition) is 3. The minimum Gasteiger partial charge on any atom is -0.335 e. The van der Waals surface area contributed by atoms with Crippen molar-refractivity contribution in [3.8, 4) is 11.3 Å². The van der Waals surface area contributed by atoms with Crippen molar-refractivity contribution >= 4 is 6.03 Å². The number of carbonyl (C=O) groups is 1. The maximum absolute atomic E-state index is 11.9. The highest BCUT2D eigenvalue weighted by molar-refractivity contribution is 5.74. The zero-order chi connectivity index (χ0) is 15.2. The summed E-state index contributed by atoms with van der Waals surface area (Å²) in [6.07, 6.45) is 6.11. The van der Waals surface area contributed by atoms with E-state index in [1.54, 1.807) is 0 Å². The molecule has 1 fully saturated rings. The van der Waals surface area contributed by atoms with E-state index in [4.69, 9.17) is 0 Å². The van der Waals surface area contributed by atoms with Gasteiger partial charge in [-0.25, -0.2) is 14.8 Å². The van der Waals surface area contributed by atoms with Crippen molar-refractivity contribution in [1.29, 1.82) is 0 Å². The van der Waals surface area contributed by atoms with Gasteiger partial charge in [0.1, 0.15) is 6.33 Å². The van der Waals surface area contributed by atoms with Gasteiger partial charge in [0.25, 0.3) is 0 Å². The fraction of sp³-hybridized carbons (Fsp3) is 0.353. The highest BCUT2D eigenvalue weighted by Crippen LogP contribution is 2.17. The monoisotopic (exact) mass is 296 g/mol. The van der Waals surface area contributed by atoms with Gasteiger partial charge < -0.3 is 10.6 Å². The van der Waals surface area contributed by atoms with Crippen LogP contribution in [0.25, 0.3) is 11.3 Å². The zero-order valence-corrected chi connectivity index (χ0v) is 12.5. The van der Waals surface area contributed by atoms with Gasteiger partial charge in [-0.05, 0) is 18.9 Å². The van der Waals surface area contributed by atoms with E-state index < -0.39 is 0 Å². The summed E-state index contributed by atoms with van der Waals surface area (Å²) in [5.41, 5.74) is 2.71. The predicted octanol–water partition coefficient (Wildman–Crippen LogP) is 2.89. The fourth-order valence-corrected chi connectivity index (χ4v) is 2.74. The van der Waals surface area contributed by atoms with Crippen LogP contribution in [-0.4, -0.2) is 22.0 Å². The van der Waals surface area contributed by atoms with Crippen LogP contribution >= 0.6 is 0 Å². The van der Waals surface area contributed by atoms with Crippen molar-refractivity contribution in [1.82, 2.24) is 20.6 Å². The van der Waals surface area contributed by atoms with E-state index in [2.05, 4.69) is 20.6 Å². The standard InChI is InChI=1S/C17H20N4O/c22-17(21-14-8-4-5-9-14)18-11-15-10-16(20-12-19-15)13-6-2-1-3-7-13/h1-3,6-7,10,12,14H,4-5,8-9,11H2,(H2,18,21,22). The van der Waals surface area contributed by atoms with Crippen LogP contribution in [0, 0.1) is 0 Å². The molecule has 0 unspecified atom stereocenters. The Morgan fingerprint density at radius 3 is 2.68 bits per heavy atom. The lowest BCUT2D eigenvalue weighted by atomic mass is 10.1. The molecule has 22 heavy (non-hydrogen) atoms. The van der Waals surface area contributed by atoms with Crippen LogP contribution in [0.5, 0.6) is 0 Å². The lowest BCUT2D eigenvalue weighted by Crippen LogP contribution is -2.40. The minimum atomic E-state index is -0.119. The number of urea groups is 1. The second kappa shape index (κ2) is 7.02. The Morgan fingerprint density at radius 1 is 1.14 bits per heavy atom. The van der Waals surface area contributed by atoms with Gasteiger partial charge in [0.15, 0.2) is 0 Å². The van der Waals surface area contributed by atoms with Gasteiger partial charge in [-0.15, -0.1) is 0 Å². The third-order valence-corrected chi connectivity index (χ3v) is 3.91. The first-order chi connectivity index (χ1) is 10.8. The molecule has 0 saturated heterocycles. The molecule has 114 valence electrons. The van der Waals surface area contributed by atoms with Gasteiger partial charge in [0.05, 0.1) is 17.9 Å². The average molecular weight is 296 g/mol. The summed E-state index contributed by atoms with van der Waals surface area (Å²) in [6, 6.07) is 12.1. The number of nitrogens with one attached hydrogen (secondary N) is 2. The number of nitrogens with zero attached hydrogens (tertiary/aromatic N) is 2. The number of benzene rings is 1. The van der Waals surface area contributed by atoms with E-state index in [1.165, 1.54) is 19.2 Å². The molecular weight excluding hydrogens is 276 g/mol. The SMILES string of the molecule is O=C(NCc1cc(-c2ccccc2)ncn1)NC1CCCC1. The minimum absolute atomic E-state index is 0.119. The first-order valence-electron chi connectivity index (χ1n) is 7.72. The van der Waals surface area contributed by atoms with Crippen LogP contribution < -0.4 is 10.6 Å². The van der Waals surface area contributed by atoms with Crippen LogP contribution in [0.1, 0.15) is 31.4 Å². The Balaban J connectivity index is 1.57. The average Bonchev–Trinajstić information content (AvgIpc) is 3.07. The molecule has 1 aromatic carbocycles. The Morgan fingerprint density at radius 2 is 1.91 bits per heavy atom. The predicted molar refractivity (Wildman–Crippen MR) is 85.1 cm³/mol. The zero-order valence-electron chi connectivity index (χ0n) is 12.5. The maximum atomic E-state index is 11.9. The highest BCUT2D eigenvalue weighted by Gasteiger charge is 2.16. The first kappa shape index (κ1) is 14.5. The number of carbonyl (C=O) groups excluding carboxylic acids is 1. The number of amides is 2. The molecular formula is C17H20N4O. The van der Waals surface area contributed by atoms with Gasteiger partial charge in [0.2, 0.25) is 0 Å². The second-order valence-electron chi connectivity index (χ2n) is 5.57.